The van der Waals surface area contributed by atoms with Gasteiger partial charge in [-0.15, -0.1) is 0 Å². The van der Waals surface area contributed by atoms with Crippen LogP contribution in [0.4, 0.5) is 5.88 Å². The number of carbonyl (C=O) groups excluding carboxylic acids is 1. The third-order valence-electron chi connectivity index (χ3n) is 4.74. The Morgan fingerprint density at radius 2 is 1.83 bits per heavy atom. The quantitative estimate of drug-likeness (QED) is 0.565. The van der Waals surface area contributed by atoms with Crippen LogP contribution in [0, 0.1) is 19.8 Å². The molecule has 0 radical (unpaired) electrons. The first-order valence-electron chi connectivity index (χ1n) is 9.36. The molecule has 2 aromatic carbocycles. The molecule has 1 aromatic heterocycles. The second-order valence-electron chi connectivity index (χ2n) is 7.46. The minimum Gasteiger partial charge on any atom is -0.337 e. The Labute approximate surface area is 171 Å². The Bertz CT molecular complexity index is 1150. The van der Waals surface area contributed by atoms with E-state index in [-0.39, 0.29) is 10.8 Å². The second kappa shape index (κ2) is 8.21. The topological polar surface area (TPSA) is 89.3 Å². The van der Waals surface area contributed by atoms with Crippen LogP contribution in [-0.2, 0) is 16.4 Å². The summed E-state index contributed by atoms with van der Waals surface area (Å²) >= 11 is 0. The first-order chi connectivity index (χ1) is 13.7. The average molecular weight is 413 g/mol. The fourth-order valence-electron chi connectivity index (χ4n) is 3.16. The van der Waals surface area contributed by atoms with Crippen LogP contribution in [-0.4, -0.2) is 19.9 Å². The number of aromatic nitrogens is 1. The first kappa shape index (κ1) is 20.8. The van der Waals surface area contributed by atoms with E-state index in [2.05, 4.69) is 23.7 Å². The maximum atomic E-state index is 13.1. The largest absolute Gasteiger partial charge is 0.337 e. The van der Waals surface area contributed by atoms with Crippen molar-refractivity contribution in [3.05, 3.63) is 64.8 Å². The van der Waals surface area contributed by atoms with Crippen LogP contribution in [0.25, 0.3) is 11.1 Å². The molecule has 7 heteroatoms. The molecule has 0 bridgehead atoms. The van der Waals surface area contributed by atoms with Gasteiger partial charge in [0.15, 0.2) is 6.29 Å². The predicted octanol–water partition coefficient (Wildman–Crippen LogP) is 4.77. The van der Waals surface area contributed by atoms with Crippen LogP contribution >= 0.6 is 0 Å². The zero-order valence-electron chi connectivity index (χ0n) is 16.9. The van der Waals surface area contributed by atoms with Crippen LogP contribution in [0.3, 0.4) is 0 Å². The van der Waals surface area contributed by atoms with Crippen molar-refractivity contribution in [2.45, 2.75) is 39.0 Å². The standard InChI is InChI=1S/C22H24N2O4S/c1-14(2)11-17-9-10-19(18(12-17)13-25)20-7-5-6-8-21(20)29(26,27)24-22-15(3)16(4)23-28-22/h5-10,12-14,24H,11H2,1-4H3. The lowest BCUT2D eigenvalue weighted by molar-refractivity contribution is 0.112. The van der Waals surface area contributed by atoms with Gasteiger partial charge in [-0.05, 0) is 49.4 Å². The lowest BCUT2D eigenvalue weighted by Gasteiger charge is -2.14. The highest BCUT2D eigenvalue weighted by molar-refractivity contribution is 7.92. The molecule has 0 aliphatic heterocycles. The third-order valence-corrected chi connectivity index (χ3v) is 6.13. The van der Waals surface area contributed by atoms with Crippen molar-refractivity contribution in [3.8, 4) is 11.1 Å². The van der Waals surface area contributed by atoms with Crippen molar-refractivity contribution < 1.29 is 17.7 Å². The van der Waals surface area contributed by atoms with Crippen LogP contribution in [0.15, 0.2) is 51.9 Å². The van der Waals surface area contributed by atoms with Crippen LogP contribution in [0.5, 0.6) is 0 Å². The van der Waals surface area contributed by atoms with Crippen molar-refractivity contribution >= 4 is 22.2 Å². The van der Waals surface area contributed by atoms with Crippen molar-refractivity contribution in [1.29, 1.82) is 0 Å². The van der Waals surface area contributed by atoms with Gasteiger partial charge in [-0.3, -0.25) is 4.79 Å². The van der Waals surface area contributed by atoms with Crippen molar-refractivity contribution in [1.82, 2.24) is 5.16 Å². The minimum atomic E-state index is -3.96. The molecular formula is C22H24N2O4S. The maximum Gasteiger partial charge on any atom is 0.264 e. The van der Waals surface area contributed by atoms with Gasteiger partial charge in [0.2, 0.25) is 5.88 Å². The summed E-state index contributed by atoms with van der Waals surface area (Å²) in [5.74, 6) is 0.533. The minimum absolute atomic E-state index is 0.0631. The van der Waals surface area contributed by atoms with Gasteiger partial charge in [-0.25, -0.2) is 13.1 Å². The van der Waals surface area contributed by atoms with E-state index in [0.29, 0.717) is 33.9 Å². The lowest BCUT2D eigenvalue weighted by Crippen LogP contribution is -2.14. The van der Waals surface area contributed by atoms with Crippen molar-refractivity contribution in [2.24, 2.45) is 5.92 Å². The summed E-state index contributed by atoms with van der Waals surface area (Å²) in [6.07, 6.45) is 1.60. The van der Waals surface area contributed by atoms with Crippen molar-refractivity contribution in [2.75, 3.05) is 4.72 Å². The van der Waals surface area contributed by atoms with Gasteiger partial charge in [0.05, 0.1) is 10.6 Å². The molecule has 0 spiro atoms. The molecule has 3 aromatic rings. The zero-order valence-corrected chi connectivity index (χ0v) is 17.7. The zero-order chi connectivity index (χ0) is 21.2. The second-order valence-corrected chi connectivity index (χ2v) is 9.11. The molecule has 0 fully saturated rings. The summed E-state index contributed by atoms with van der Waals surface area (Å²) in [4.78, 5) is 11.8. The number of nitrogens with zero attached hydrogens (tertiary/aromatic N) is 1. The van der Waals surface area contributed by atoms with Crippen LogP contribution in [0.1, 0.15) is 41.0 Å². The molecule has 1 N–H and O–H groups in total. The van der Waals surface area contributed by atoms with E-state index in [0.717, 1.165) is 18.3 Å². The number of aryl methyl sites for hydroxylation is 1. The monoisotopic (exact) mass is 412 g/mol. The van der Waals surface area contributed by atoms with Gasteiger partial charge in [-0.2, -0.15) is 0 Å². The highest BCUT2D eigenvalue weighted by Crippen LogP contribution is 2.32. The van der Waals surface area contributed by atoms with E-state index in [1.165, 1.54) is 6.07 Å². The number of benzene rings is 2. The SMILES string of the molecule is Cc1noc(NS(=O)(=O)c2ccccc2-c2ccc(CC(C)C)cc2C=O)c1C. The van der Waals surface area contributed by atoms with E-state index in [1.807, 2.05) is 12.1 Å². The Balaban J connectivity index is 2.07. The Kier molecular flexibility index (Phi) is 5.88. The van der Waals surface area contributed by atoms with Crippen LogP contribution in [0.2, 0.25) is 0 Å². The molecule has 0 aliphatic carbocycles. The molecule has 152 valence electrons. The fourth-order valence-corrected chi connectivity index (χ4v) is 4.43. The molecular weight excluding hydrogens is 388 g/mol. The summed E-state index contributed by atoms with van der Waals surface area (Å²) < 4.78 is 33.7. The highest BCUT2D eigenvalue weighted by Gasteiger charge is 2.23. The van der Waals surface area contributed by atoms with E-state index in [1.54, 1.807) is 38.1 Å². The average Bonchev–Trinajstić information content (AvgIpc) is 2.99. The van der Waals surface area contributed by atoms with Gasteiger partial charge in [-0.1, -0.05) is 49.3 Å². The molecule has 3 rings (SSSR count). The van der Waals surface area contributed by atoms with E-state index in [9.17, 15) is 13.2 Å². The van der Waals surface area contributed by atoms with Gasteiger partial charge in [0.1, 0.15) is 0 Å². The van der Waals surface area contributed by atoms with Gasteiger partial charge < -0.3 is 4.52 Å². The molecule has 1 heterocycles. The molecule has 0 saturated carbocycles. The number of carbonyl (C=O) groups is 1. The predicted molar refractivity (Wildman–Crippen MR) is 113 cm³/mol. The molecule has 0 saturated heterocycles. The highest BCUT2D eigenvalue weighted by atomic mass is 32.2. The lowest BCUT2D eigenvalue weighted by atomic mass is 9.95. The Morgan fingerprint density at radius 3 is 2.45 bits per heavy atom. The van der Waals surface area contributed by atoms with Gasteiger partial charge in [0, 0.05) is 16.7 Å². The van der Waals surface area contributed by atoms with E-state index >= 15 is 0 Å². The molecule has 0 aliphatic rings. The molecule has 0 unspecified atom stereocenters. The fraction of sp³-hybridized carbons (Fsp3) is 0.273. The number of hydrogen-bond acceptors (Lipinski definition) is 5. The molecule has 0 atom stereocenters. The summed E-state index contributed by atoms with van der Waals surface area (Å²) in [5.41, 5.74) is 3.75. The number of nitrogens with one attached hydrogen (secondary N) is 1. The van der Waals surface area contributed by atoms with Crippen LogP contribution < -0.4 is 4.72 Å². The van der Waals surface area contributed by atoms with E-state index in [4.69, 9.17) is 4.52 Å². The summed E-state index contributed by atoms with van der Waals surface area (Å²) in [5, 5.41) is 3.79. The maximum absolute atomic E-state index is 13.1. The van der Waals surface area contributed by atoms with Crippen molar-refractivity contribution in [3.63, 3.8) is 0 Å². The normalized spacial score (nSPS) is 11.6. The van der Waals surface area contributed by atoms with E-state index < -0.39 is 10.0 Å². The summed E-state index contributed by atoms with van der Waals surface area (Å²) in [7, 11) is -3.96. The number of aldehydes is 1. The van der Waals surface area contributed by atoms with Gasteiger partial charge >= 0.3 is 0 Å². The molecule has 29 heavy (non-hydrogen) atoms. The first-order valence-corrected chi connectivity index (χ1v) is 10.8. The third kappa shape index (κ3) is 4.40. The summed E-state index contributed by atoms with van der Waals surface area (Å²) in [6.45, 7) is 7.68. The number of rotatable bonds is 7. The number of hydrogen-bond donors (Lipinski definition) is 1. The molecule has 6 nitrogen and oxygen atoms in total. The number of anilines is 1. The molecule has 0 amide bonds. The Morgan fingerprint density at radius 1 is 1.10 bits per heavy atom. The smallest absolute Gasteiger partial charge is 0.264 e. The summed E-state index contributed by atoms with van der Waals surface area (Å²) in [6, 6.07) is 12.1. The number of sulfonamides is 1. The Hall–Kier alpha value is -2.93. The van der Waals surface area contributed by atoms with Gasteiger partial charge in [0.25, 0.3) is 10.0 Å².